The van der Waals surface area contributed by atoms with E-state index in [0.717, 1.165) is 12.0 Å². The normalized spacial score (nSPS) is 30.0. The van der Waals surface area contributed by atoms with Crippen LogP contribution in [0.5, 0.6) is 0 Å². The van der Waals surface area contributed by atoms with Crippen LogP contribution >= 0.6 is 0 Å². The molecule has 14 heavy (non-hydrogen) atoms. The Kier molecular flexibility index (Phi) is 1.88. The van der Waals surface area contributed by atoms with Crippen molar-refractivity contribution in [3.63, 3.8) is 0 Å². The maximum atomic E-state index is 10.9. The fourth-order valence-electron chi connectivity index (χ4n) is 1.89. The van der Waals surface area contributed by atoms with Crippen LogP contribution in [-0.4, -0.2) is 11.1 Å². The van der Waals surface area contributed by atoms with Crippen molar-refractivity contribution in [2.24, 2.45) is 5.41 Å². The van der Waals surface area contributed by atoms with Crippen molar-refractivity contribution in [2.75, 3.05) is 0 Å². The van der Waals surface area contributed by atoms with E-state index in [2.05, 4.69) is 0 Å². The number of aliphatic carboxylic acids is 1. The highest BCUT2D eigenvalue weighted by Gasteiger charge is 2.56. The first-order valence-corrected chi connectivity index (χ1v) is 4.84. The zero-order valence-corrected chi connectivity index (χ0v) is 8.45. The van der Waals surface area contributed by atoms with Gasteiger partial charge in [-0.05, 0) is 25.8 Å². The van der Waals surface area contributed by atoms with Crippen LogP contribution in [-0.2, 0) is 4.79 Å². The minimum atomic E-state index is -0.678. The Labute approximate surface area is 83.6 Å². The van der Waals surface area contributed by atoms with Crippen LogP contribution in [0.15, 0.2) is 24.3 Å². The topological polar surface area (TPSA) is 37.3 Å². The summed E-state index contributed by atoms with van der Waals surface area (Å²) >= 11 is 0. The Morgan fingerprint density at radius 2 is 2.00 bits per heavy atom. The van der Waals surface area contributed by atoms with Crippen LogP contribution in [0.2, 0.25) is 0 Å². The molecule has 2 rings (SSSR count). The van der Waals surface area contributed by atoms with Crippen molar-refractivity contribution in [3.8, 4) is 0 Å². The van der Waals surface area contributed by atoms with Crippen LogP contribution in [0.1, 0.15) is 30.4 Å². The van der Waals surface area contributed by atoms with E-state index in [9.17, 15) is 4.79 Å². The molecule has 0 heterocycles. The third kappa shape index (κ3) is 1.31. The first-order chi connectivity index (χ1) is 6.54. The number of carboxylic acid groups (broad SMARTS) is 1. The predicted octanol–water partition coefficient (Wildman–Crippen LogP) is 2.57. The van der Waals surface area contributed by atoms with E-state index in [4.69, 9.17) is 5.11 Å². The van der Waals surface area contributed by atoms with Gasteiger partial charge < -0.3 is 5.11 Å². The summed E-state index contributed by atoms with van der Waals surface area (Å²) in [4.78, 5) is 10.9. The first kappa shape index (κ1) is 9.25. The molecule has 2 atom stereocenters. The summed E-state index contributed by atoms with van der Waals surface area (Å²) < 4.78 is 0. The fourth-order valence-corrected chi connectivity index (χ4v) is 1.89. The highest BCUT2D eigenvalue weighted by molar-refractivity contribution is 5.79. The summed E-state index contributed by atoms with van der Waals surface area (Å²) in [6.45, 7) is 3.85. The van der Waals surface area contributed by atoms with Gasteiger partial charge in [-0.1, -0.05) is 29.8 Å². The van der Waals surface area contributed by atoms with Gasteiger partial charge in [0, 0.05) is 5.92 Å². The lowest BCUT2D eigenvalue weighted by Crippen LogP contribution is -2.12. The first-order valence-electron chi connectivity index (χ1n) is 4.84. The van der Waals surface area contributed by atoms with Crippen LogP contribution in [0.25, 0.3) is 0 Å². The van der Waals surface area contributed by atoms with Gasteiger partial charge in [-0.2, -0.15) is 0 Å². The molecule has 1 aliphatic carbocycles. The van der Waals surface area contributed by atoms with Gasteiger partial charge >= 0.3 is 5.97 Å². The Balaban J connectivity index is 2.21. The molecule has 1 N–H and O–H groups in total. The van der Waals surface area contributed by atoms with E-state index in [-0.39, 0.29) is 5.92 Å². The average molecular weight is 190 g/mol. The van der Waals surface area contributed by atoms with Crippen molar-refractivity contribution in [1.29, 1.82) is 0 Å². The van der Waals surface area contributed by atoms with E-state index in [1.54, 1.807) is 0 Å². The molecule has 1 fully saturated rings. The minimum Gasteiger partial charge on any atom is -0.481 e. The molecule has 0 saturated heterocycles. The molecule has 2 nitrogen and oxygen atoms in total. The van der Waals surface area contributed by atoms with Crippen molar-refractivity contribution in [2.45, 2.75) is 26.2 Å². The van der Waals surface area contributed by atoms with Gasteiger partial charge in [0.15, 0.2) is 0 Å². The van der Waals surface area contributed by atoms with Gasteiger partial charge in [-0.25, -0.2) is 0 Å². The lowest BCUT2D eigenvalue weighted by Gasteiger charge is -2.05. The summed E-state index contributed by atoms with van der Waals surface area (Å²) in [5.74, 6) is -0.469. The molecular formula is C12H14O2. The van der Waals surface area contributed by atoms with Crippen molar-refractivity contribution < 1.29 is 9.90 Å². The molecule has 1 aromatic carbocycles. The van der Waals surface area contributed by atoms with E-state index in [1.807, 2.05) is 38.1 Å². The monoisotopic (exact) mass is 190 g/mol. The molecule has 1 aliphatic rings. The summed E-state index contributed by atoms with van der Waals surface area (Å²) in [7, 11) is 0. The highest BCUT2D eigenvalue weighted by Crippen LogP contribution is 2.59. The van der Waals surface area contributed by atoms with E-state index >= 15 is 0 Å². The molecule has 0 amide bonds. The van der Waals surface area contributed by atoms with Crippen LogP contribution in [0.3, 0.4) is 0 Å². The van der Waals surface area contributed by atoms with Crippen molar-refractivity contribution in [3.05, 3.63) is 35.4 Å². The van der Waals surface area contributed by atoms with Gasteiger partial charge in [-0.15, -0.1) is 0 Å². The molecule has 0 aromatic heterocycles. The second-order valence-electron chi connectivity index (χ2n) is 4.39. The Bertz CT molecular complexity index is 366. The molecule has 1 aromatic rings. The number of hydrogen-bond acceptors (Lipinski definition) is 1. The third-order valence-electron chi connectivity index (χ3n) is 3.21. The second-order valence-corrected chi connectivity index (χ2v) is 4.39. The predicted molar refractivity (Wildman–Crippen MR) is 54.3 cm³/mol. The maximum absolute atomic E-state index is 10.9. The third-order valence-corrected chi connectivity index (χ3v) is 3.21. The van der Waals surface area contributed by atoms with Crippen molar-refractivity contribution in [1.82, 2.24) is 0 Å². The lowest BCUT2D eigenvalue weighted by atomic mass is 10.0. The summed E-state index contributed by atoms with van der Waals surface area (Å²) in [5, 5.41) is 9.00. The van der Waals surface area contributed by atoms with E-state index < -0.39 is 11.4 Å². The van der Waals surface area contributed by atoms with Gasteiger partial charge in [0.2, 0.25) is 0 Å². The van der Waals surface area contributed by atoms with Crippen LogP contribution < -0.4 is 0 Å². The lowest BCUT2D eigenvalue weighted by molar-refractivity contribution is -0.142. The SMILES string of the molecule is Cc1ccc([C@H]2C[C@]2(C)C(=O)O)cc1. The van der Waals surface area contributed by atoms with Gasteiger partial charge in [0.25, 0.3) is 0 Å². The molecule has 0 aliphatic heterocycles. The van der Waals surface area contributed by atoms with Crippen LogP contribution in [0.4, 0.5) is 0 Å². The molecule has 0 spiro atoms. The van der Waals surface area contributed by atoms with E-state index in [1.165, 1.54) is 5.56 Å². The zero-order valence-electron chi connectivity index (χ0n) is 8.45. The highest BCUT2D eigenvalue weighted by atomic mass is 16.4. The molecule has 0 unspecified atom stereocenters. The fraction of sp³-hybridized carbons (Fsp3) is 0.417. The smallest absolute Gasteiger partial charge is 0.309 e. The number of benzene rings is 1. The van der Waals surface area contributed by atoms with Gasteiger partial charge in [0.1, 0.15) is 0 Å². The quantitative estimate of drug-likeness (QED) is 0.778. The minimum absolute atomic E-state index is 0.209. The largest absolute Gasteiger partial charge is 0.481 e. The summed E-state index contributed by atoms with van der Waals surface area (Å²) in [5.41, 5.74) is 1.85. The Morgan fingerprint density at radius 3 is 2.43 bits per heavy atom. The second kappa shape index (κ2) is 2.84. The number of carboxylic acids is 1. The molecule has 0 bridgehead atoms. The zero-order chi connectivity index (χ0) is 10.3. The summed E-state index contributed by atoms with van der Waals surface area (Å²) in [6.07, 6.45) is 0.769. The number of rotatable bonds is 2. The standard InChI is InChI=1S/C12H14O2/c1-8-3-5-9(6-4-8)10-7-12(10,2)11(13)14/h3-6,10H,7H2,1-2H3,(H,13,14)/t10-,12+/m1/s1. The average Bonchev–Trinajstić information content (AvgIpc) is 2.81. The molecule has 74 valence electrons. The number of carbonyl (C=O) groups is 1. The van der Waals surface area contributed by atoms with Gasteiger partial charge in [0.05, 0.1) is 5.41 Å². The Morgan fingerprint density at radius 1 is 1.43 bits per heavy atom. The summed E-state index contributed by atoms with van der Waals surface area (Å²) in [6, 6.07) is 8.15. The number of aryl methyl sites for hydroxylation is 1. The van der Waals surface area contributed by atoms with Gasteiger partial charge in [-0.3, -0.25) is 4.79 Å². The maximum Gasteiger partial charge on any atom is 0.309 e. The molecule has 1 saturated carbocycles. The van der Waals surface area contributed by atoms with E-state index in [0.29, 0.717) is 0 Å². The molecule has 0 radical (unpaired) electrons. The van der Waals surface area contributed by atoms with Crippen LogP contribution in [0, 0.1) is 12.3 Å². The van der Waals surface area contributed by atoms with Crippen molar-refractivity contribution >= 4 is 5.97 Å². The Hall–Kier alpha value is -1.31. The molecule has 2 heteroatoms. The number of hydrogen-bond donors (Lipinski definition) is 1. The molecular weight excluding hydrogens is 176 g/mol.